The lowest BCUT2D eigenvalue weighted by atomic mass is 10.1. The van der Waals surface area contributed by atoms with Crippen molar-refractivity contribution in [1.29, 1.82) is 0 Å². The number of hydrogen-bond donors (Lipinski definition) is 2. The third-order valence-corrected chi connectivity index (χ3v) is 3.09. The van der Waals surface area contributed by atoms with Crippen molar-refractivity contribution in [3.63, 3.8) is 0 Å². The van der Waals surface area contributed by atoms with Gasteiger partial charge in [-0.15, -0.1) is 0 Å². The predicted molar refractivity (Wildman–Crippen MR) is 83.6 cm³/mol. The van der Waals surface area contributed by atoms with Crippen LogP contribution in [0, 0.1) is 0 Å². The van der Waals surface area contributed by atoms with E-state index in [2.05, 4.69) is 5.32 Å². The van der Waals surface area contributed by atoms with Gasteiger partial charge in [-0.3, -0.25) is 9.59 Å². The summed E-state index contributed by atoms with van der Waals surface area (Å²) in [6, 6.07) is 16.3. The third-order valence-electron chi connectivity index (χ3n) is 3.09. The molecule has 0 spiro atoms. The molecule has 0 heterocycles. The quantitative estimate of drug-likeness (QED) is 0.813. The molecule has 5 nitrogen and oxygen atoms in total. The highest BCUT2D eigenvalue weighted by Crippen LogP contribution is 2.11. The SMILES string of the molecule is NC(=O)c1ccc(OCC(=O)NCCc2ccccc2)cc1. The van der Waals surface area contributed by atoms with Gasteiger partial charge in [0.15, 0.2) is 6.61 Å². The largest absolute Gasteiger partial charge is 0.484 e. The van der Waals surface area contributed by atoms with Gasteiger partial charge >= 0.3 is 0 Å². The molecule has 0 aromatic heterocycles. The first kappa shape index (κ1) is 15.6. The second-order valence-electron chi connectivity index (χ2n) is 4.76. The monoisotopic (exact) mass is 298 g/mol. The molecule has 22 heavy (non-hydrogen) atoms. The molecule has 2 aromatic carbocycles. The molecule has 0 aliphatic carbocycles. The Morgan fingerprint density at radius 3 is 2.32 bits per heavy atom. The molecule has 0 atom stereocenters. The summed E-state index contributed by atoms with van der Waals surface area (Å²) in [7, 11) is 0. The molecule has 0 unspecified atom stereocenters. The lowest BCUT2D eigenvalue weighted by Crippen LogP contribution is -2.30. The number of amides is 2. The van der Waals surface area contributed by atoms with Crippen LogP contribution in [0.25, 0.3) is 0 Å². The lowest BCUT2D eigenvalue weighted by molar-refractivity contribution is -0.123. The smallest absolute Gasteiger partial charge is 0.257 e. The average Bonchev–Trinajstić information content (AvgIpc) is 2.54. The van der Waals surface area contributed by atoms with Gasteiger partial charge in [0.2, 0.25) is 5.91 Å². The van der Waals surface area contributed by atoms with Crippen molar-refractivity contribution in [3.05, 3.63) is 65.7 Å². The Morgan fingerprint density at radius 2 is 1.68 bits per heavy atom. The molecule has 2 aromatic rings. The Morgan fingerprint density at radius 1 is 1.00 bits per heavy atom. The number of primary amides is 1. The van der Waals surface area contributed by atoms with Crippen LogP contribution in [0.4, 0.5) is 0 Å². The van der Waals surface area contributed by atoms with Gasteiger partial charge in [-0.05, 0) is 36.2 Å². The molecule has 5 heteroatoms. The van der Waals surface area contributed by atoms with Crippen LogP contribution >= 0.6 is 0 Å². The molecule has 0 fully saturated rings. The summed E-state index contributed by atoms with van der Waals surface area (Å²) >= 11 is 0. The van der Waals surface area contributed by atoms with E-state index in [1.807, 2.05) is 30.3 Å². The summed E-state index contributed by atoms with van der Waals surface area (Å²) < 4.78 is 5.34. The summed E-state index contributed by atoms with van der Waals surface area (Å²) in [6.45, 7) is 0.498. The minimum Gasteiger partial charge on any atom is -0.484 e. The highest BCUT2D eigenvalue weighted by molar-refractivity contribution is 5.92. The van der Waals surface area contributed by atoms with E-state index in [1.54, 1.807) is 24.3 Å². The van der Waals surface area contributed by atoms with Gasteiger partial charge in [0, 0.05) is 12.1 Å². The van der Waals surface area contributed by atoms with Crippen molar-refractivity contribution in [3.8, 4) is 5.75 Å². The molecule has 0 saturated carbocycles. The fraction of sp³-hybridized carbons (Fsp3) is 0.176. The van der Waals surface area contributed by atoms with Crippen LogP contribution in [0.2, 0.25) is 0 Å². The summed E-state index contributed by atoms with van der Waals surface area (Å²) in [5.74, 6) is -0.164. The van der Waals surface area contributed by atoms with E-state index >= 15 is 0 Å². The van der Waals surface area contributed by atoms with Crippen LogP contribution in [0.5, 0.6) is 5.75 Å². The van der Waals surface area contributed by atoms with E-state index in [-0.39, 0.29) is 12.5 Å². The second-order valence-corrected chi connectivity index (χ2v) is 4.76. The van der Waals surface area contributed by atoms with Crippen molar-refractivity contribution in [1.82, 2.24) is 5.32 Å². The first-order valence-corrected chi connectivity index (χ1v) is 6.98. The highest BCUT2D eigenvalue weighted by Gasteiger charge is 2.04. The molecule has 0 aliphatic heterocycles. The highest BCUT2D eigenvalue weighted by atomic mass is 16.5. The van der Waals surface area contributed by atoms with Gasteiger partial charge in [-0.25, -0.2) is 0 Å². The van der Waals surface area contributed by atoms with Crippen LogP contribution in [0.1, 0.15) is 15.9 Å². The number of benzene rings is 2. The molecule has 2 amide bonds. The number of nitrogens with two attached hydrogens (primary N) is 1. The minimum absolute atomic E-state index is 0.0648. The number of carbonyl (C=O) groups excluding carboxylic acids is 2. The van der Waals surface area contributed by atoms with Crippen molar-refractivity contribution in [2.45, 2.75) is 6.42 Å². The van der Waals surface area contributed by atoms with Crippen molar-refractivity contribution in [2.24, 2.45) is 5.73 Å². The molecule has 0 bridgehead atoms. The van der Waals surface area contributed by atoms with Crippen molar-refractivity contribution >= 4 is 11.8 Å². The van der Waals surface area contributed by atoms with E-state index in [9.17, 15) is 9.59 Å². The van der Waals surface area contributed by atoms with E-state index in [4.69, 9.17) is 10.5 Å². The predicted octanol–water partition coefficient (Wildman–Crippen LogP) is 1.52. The summed E-state index contributed by atoms with van der Waals surface area (Å²) in [5, 5.41) is 2.79. The summed E-state index contributed by atoms with van der Waals surface area (Å²) in [6.07, 6.45) is 0.778. The zero-order valence-electron chi connectivity index (χ0n) is 12.1. The zero-order chi connectivity index (χ0) is 15.8. The Hall–Kier alpha value is -2.82. The van der Waals surface area contributed by atoms with Gasteiger partial charge in [0.05, 0.1) is 0 Å². The molecule has 0 aliphatic rings. The Labute approximate surface area is 129 Å². The molecular weight excluding hydrogens is 280 g/mol. The molecule has 0 saturated heterocycles. The van der Waals surface area contributed by atoms with Crippen LogP contribution in [-0.4, -0.2) is 25.0 Å². The van der Waals surface area contributed by atoms with Gasteiger partial charge < -0.3 is 15.8 Å². The molecular formula is C17H18N2O3. The third kappa shape index (κ3) is 4.94. The van der Waals surface area contributed by atoms with Crippen molar-refractivity contribution < 1.29 is 14.3 Å². The Bertz CT molecular complexity index is 624. The molecule has 0 radical (unpaired) electrons. The standard InChI is InChI=1S/C17H18N2O3/c18-17(21)14-6-8-15(9-7-14)22-12-16(20)19-11-10-13-4-2-1-3-5-13/h1-9H,10-12H2,(H2,18,21)(H,19,20). The normalized spacial score (nSPS) is 10.0. The molecule has 114 valence electrons. The van der Waals surface area contributed by atoms with Crippen LogP contribution in [-0.2, 0) is 11.2 Å². The minimum atomic E-state index is -0.495. The van der Waals surface area contributed by atoms with E-state index in [0.717, 1.165) is 6.42 Å². The maximum atomic E-state index is 11.7. The van der Waals surface area contributed by atoms with Crippen LogP contribution in [0.3, 0.4) is 0 Å². The fourth-order valence-electron chi connectivity index (χ4n) is 1.91. The first-order chi connectivity index (χ1) is 10.6. The van der Waals surface area contributed by atoms with Crippen LogP contribution < -0.4 is 15.8 Å². The first-order valence-electron chi connectivity index (χ1n) is 6.98. The maximum Gasteiger partial charge on any atom is 0.257 e. The van der Waals surface area contributed by atoms with Crippen LogP contribution in [0.15, 0.2) is 54.6 Å². The van der Waals surface area contributed by atoms with E-state index < -0.39 is 5.91 Å². The second kappa shape index (κ2) is 7.83. The number of rotatable bonds is 7. The topological polar surface area (TPSA) is 81.4 Å². The van der Waals surface area contributed by atoms with E-state index in [0.29, 0.717) is 17.9 Å². The van der Waals surface area contributed by atoms with Gasteiger partial charge in [0.1, 0.15) is 5.75 Å². The lowest BCUT2D eigenvalue weighted by Gasteiger charge is -2.08. The Kier molecular flexibility index (Phi) is 5.54. The Balaban J connectivity index is 1.70. The molecule has 2 rings (SSSR count). The van der Waals surface area contributed by atoms with Gasteiger partial charge in [0.25, 0.3) is 5.91 Å². The fourth-order valence-corrected chi connectivity index (χ4v) is 1.91. The number of ether oxygens (including phenoxy) is 1. The molecule has 3 N–H and O–H groups in total. The number of carbonyl (C=O) groups is 2. The van der Waals surface area contributed by atoms with E-state index in [1.165, 1.54) is 5.56 Å². The number of hydrogen-bond acceptors (Lipinski definition) is 3. The van der Waals surface area contributed by atoms with Gasteiger partial charge in [-0.2, -0.15) is 0 Å². The summed E-state index contributed by atoms with van der Waals surface area (Å²) in [5.41, 5.74) is 6.72. The average molecular weight is 298 g/mol. The van der Waals surface area contributed by atoms with Crippen molar-refractivity contribution in [2.75, 3.05) is 13.2 Å². The summed E-state index contributed by atoms with van der Waals surface area (Å²) in [4.78, 5) is 22.6. The maximum absolute atomic E-state index is 11.7. The van der Waals surface area contributed by atoms with Gasteiger partial charge in [-0.1, -0.05) is 30.3 Å². The number of nitrogens with one attached hydrogen (secondary N) is 1. The zero-order valence-corrected chi connectivity index (χ0v) is 12.1.